The van der Waals surface area contributed by atoms with Crippen molar-refractivity contribution in [1.82, 2.24) is 10.5 Å². The molecule has 1 amide bonds. The van der Waals surface area contributed by atoms with Crippen molar-refractivity contribution >= 4 is 11.9 Å². The third-order valence-electron chi connectivity index (χ3n) is 3.38. The predicted octanol–water partition coefficient (Wildman–Crippen LogP) is 1.04. The summed E-state index contributed by atoms with van der Waals surface area (Å²) in [7, 11) is 0. The lowest BCUT2D eigenvalue weighted by molar-refractivity contribution is -0.146. The number of aliphatic carboxylic acids is 1. The van der Waals surface area contributed by atoms with Crippen LogP contribution in [-0.4, -0.2) is 22.1 Å². The molecule has 0 saturated heterocycles. The third kappa shape index (κ3) is 2.69. The van der Waals surface area contributed by atoms with E-state index in [0.717, 1.165) is 0 Å². The second-order valence-electron chi connectivity index (χ2n) is 4.82. The van der Waals surface area contributed by atoms with E-state index in [0.29, 0.717) is 18.6 Å². The summed E-state index contributed by atoms with van der Waals surface area (Å²) >= 11 is 0. The largest absolute Gasteiger partial charge is 0.481 e. The minimum absolute atomic E-state index is 0.219. The summed E-state index contributed by atoms with van der Waals surface area (Å²) in [6.07, 6.45) is 2.69. The van der Waals surface area contributed by atoms with Crippen molar-refractivity contribution in [3.8, 4) is 0 Å². The van der Waals surface area contributed by atoms with Crippen LogP contribution in [-0.2, 0) is 16.1 Å². The summed E-state index contributed by atoms with van der Waals surface area (Å²) < 4.78 is 4.86. The van der Waals surface area contributed by atoms with E-state index < -0.39 is 17.8 Å². The highest BCUT2D eigenvalue weighted by Crippen LogP contribution is 2.36. The highest BCUT2D eigenvalue weighted by atomic mass is 16.5. The Kier molecular flexibility index (Phi) is 3.64. The van der Waals surface area contributed by atoms with Crippen LogP contribution in [0.2, 0.25) is 0 Å². The number of hydrogen-bond donors (Lipinski definition) is 2. The molecule has 0 spiro atoms. The Balaban J connectivity index is 1.93. The van der Waals surface area contributed by atoms with Crippen LogP contribution in [0.3, 0.4) is 0 Å². The zero-order valence-corrected chi connectivity index (χ0v) is 10.1. The smallest absolute Gasteiger partial charge is 0.307 e. The highest BCUT2D eigenvalue weighted by Gasteiger charge is 2.41. The minimum atomic E-state index is -0.890. The summed E-state index contributed by atoms with van der Waals surface area (Å²) in [4.78, 5) is 23.1. The summed E-state index contributed by atoms with van der Waals surface area (Å²) in [5, 5.41) is 15.3. The zero-order valence-electron chi connectivity index (χ0n) is 10.1. The number of carboxylic acids is 1. The number of carboxylic acid groups (broad SMARTS) is 1. The van der Waals surface area contributed by atoms with Crippen molar-refractivity contribution in [2.75, 3.05) is 0 Å². The van der Waals surface area contributed by atoms with Crippen LogP contribution in [0, 0.1) is 17.8 Å². The molecule has 1 saturated carbocycles. The van der Waals surface area contributed by atoms with Gasteiger partial charge in [0.2, 0.25) is 5.91 Å². The van der Waals surface area contributed by atoms with Crippen LogP contribution in [0.4, 0.5) is 0 Å². The number of aromatic nitrogens is 1. The van der Waals surface area contributed by atoms with Gasteiger partial charge in [-0.25, -0.2) is 0 Å². The van der Waals surface area contributed by atoms with E-state index in [1.54, 1.807) is 6.07 Å². The second kappa shape index (κ2) is 5.20. The lowest BCUT2D eigenvalue weighted by Gasteiger charge is -2.14. The molecule has 98 valence electrons. The average Bonchev–Trinajstić information content (AvgIpc) is 2.94. The van der Waals surface area contributed by atoms with Gasteiger partial charge in [-0.3, -0.25) is 9.59 Å². The molecule has 1 aromatic rings. The fourth-order valence-electron chi connectivity index (χ4n) is 2.49. The standard InChI is InChI=1S/C12H16N2O4/c1-7-4-9(10(5-7)12(16)17)11(15)13-6-8-2-3-14-18-8/h2-3,7,9-10H,4-6H2,1H3,(H,13,15)(H,16,17)/t7?,9-,10+/m0/s1. The molecular weight excluding hydrogens is 236 g/mol. The van der Waals surface area contributed by atoms with Gasteiger partial charge in [0.05, 0.1) is 24.6 Å². The maximum atomic E-state index is 12.0. The molecule has 3 atom stereocenters. The normalized spacial score (nSPS) is 27.1. The number of nitrogens with zero attached hydrogens (tertiary/aromatic N) is 1. The van der Waals surface area contributed by atoms with Crippen LogP contribution in [0.1, 0.15) is 25.5 Å². The SMILES string of the molecule is CC1C[C@H](C(=O)NCc2ccno2)[C@H](C(=O)O)C1. The number of amides is 1. The zero-order chi connectivity index (χ0) is 13.1. The van der Waals surface area contributed by atoms with Gasteiger partial charge in [-0.15, -0.1) is 0 Å². The van der Waals surface area contributed by atoms with Crippen molar-refractivity contribution in [2.45, 2.75) is 26.3 Å². The Morgan fingerprint density at radius 1 is 1.50 bits per heavy atom. The fourth-order valence-corrected chi connectivity index (χ4v) is 2.49. The van der Waals surface area contributed by atoms with Crippen LogP contribution < -0.4 is 5.32 Å². The van der Waals surface area contributed by atoms with E-state index in [4.69, 9.17) is 9.63 Å². The number of carbonyl (C=O) groups excluding carboxylic acids is 1. The Morgan fingerprint density at radius 3 is 2.83 bits per heavy atom. The van der Waals surface area contributed by atoms with E-state index in [1.165, 1.54) is 6.20 Å². The van der Waals surface area contributed by atoms with Gasteiger partial charge >= 0.3 is 5.97 Å². The average molecular weight is 252 g/mol. The monoisotopic (exact) mass is 252 g/mol. The maximum absolute atomic E-state index is 12.0. The number of hydrogen-bond acceptors (Lipinski definition) is 4. The molecule has 0 radical (unpaired) electrons. The molecule has 6 heteroatoms. The first-order chi connectivity index (χ1) is 8.58. The van der Waals surface area contributed by atoms with E-state index in [2.05, 4.69) is 10.5 Å². The Bertz CT molecular complexity index is 429. The molecule has 1 aliphatic rings. The van der Waals surface area contributed by atoms with E-state index in [1.807, 2.05) is 6.92 Å². The first kappa shape index (κ1) is 12.6. The third-order valence-corrected chi connectivity index (χ3v) is 3.38. The van der Waals surface area contributed by atoms with Crippen LogP contribution in [0.5, 0.6) is 0 Å². The van der Waals surface area contributed by atoms with E-state index in [9.17, 15) is 9.59 Å². The second-order valence-corrected chi connectivity index (χ2v) is 4.82. The number of nitrogens with one attached hydrogen (secondary N) is 1. The van der Waals surface area contributed by atoms with Gasteiger partial charge in [0, 0.05) is 6.07 Å². The van der Waals surface area contributed by atoms with E-state index >= 15 is 0 Å². The van der Waals surface area contributed by atoms with Gasteiger partial charge in [-0.2, -0.15) is 0 Å². The topological polar surface area (TPSA) is 92.4 Å². The lowest BCUT2D eigenvalue weighted by Crippen LogP contribution is -2.34. The molecule has 1 aliphatic carbocycles. The molecule has 18 heavy (non-hydrogen) atoms. The van der Waals surface area contributed by atoms with Crippen LogP contribution in [0.25, 0.3) is 0 Å². The highest BCUT2D eigenvalue weighted by molar-refractivity contribution is 5.85. The van der Waals surface area contributed by atoms with Crippen LogP contribution in [0.15, 0.2) is 16.8 Å². The summed E-state index contributed by atoms with van der Waals surface area (Å²) in [6.45, 7) is 2.22. The van der Waals surface area contributed by atoms with Gasteiger partial charge in [-0.1, -0.05) is 12.1 Å². The van der Waals surface area contributed by atoms with Gasteiger partial charge in [0.25, 0.3) is 0 Å². The van der Waals surface area contributed by atoms with Crippen molar-refractivity contribution in [3.63, 3.8) is 0 Å². The molecule has 1 fully saturated rings. The molecule has 2 rings (SSSR count). The fraction of sp³-hybridized carbons (Fsp3) is 0.583. The Hall–Kier alpha value is -1.85. The predicted molar refractivity (Wildman–Crippen MR) is 61.4 cm³/mol. The molecule has 2 N–H and O–H groups in total. The van der Waals surface area contributed by atoms with E-state index in [-0.39, 0.29) is 18.4 Å². The van der Waals surface area contributed by atoms with Crippen molar-refractivity contribution in [2.24, 2.45) is 17.8 Å². The molecule has 0 aliphatic heterocycles. The van der Waals surface area contributed by atoms with Gasteiger partial charge in [-0.05, 0) is 18.8 Å². The minimum Gasteiger partial charge on any atom is -0.481 e. The molecular formula is C12H16N2O4. The molecule has 0 aromatic carbocycles. The van der Waals surface area contributed by atoms with Crippen molar-refractivity contribution < 1.29 is 19.2 Å². The number of carbonyl (C=O) groups is 2. The van der Waals surface area contributed by atoms with Gasteiger partial charge < -0.3 is 14.9 Å². The summed E-state index contributed by atoms with van der Waals surface area (Å²) in [5.41, 5.74) is 0. The quantitative estimate of drug-likeness (QED) is 0.835. The van der Waals surface area contributed by atoms with Crippen LogP contribution >= 0.6 is 0 Å². The number of rotatable bonds is 4. The molecule has 1 aromatic heterocycles. The summed E-state index contributed by atoms with van der Waals surface area (Å²) in [5.74, 6) is -1.30. The first-order valence-corrected chi connectivity index (χ1v) is 5.98. The Labute approximate surface area is 104 Å². The molecule has 0 bridgehead atoms. The van der Waals surface area contributed by atoms with Crippen molar-refractivity contribution in [3.05, 3.63) is 18.0 Å². The Morgan fingerprint density at radius 2 is 2.22 bits per heavy atom. The molecule has 1 heterocycles. The lowest BCUT2D eigenvalue weighted by atomic mass is 9.95. The molecule has 6 nitrogen and oxygen atoms in total. The summed E-state index contributed by atoms with van der Waals surface area (Å²) in [6, 6.07) is 1.66. The van der Waals surface area contributed by atoms with Gasteiger partial charge in [0.1, 0.15) is 0 Å². The van der Waals surface area contributed by atoms with Crippen molar-refractivity contribution in [1.29, 1.82) is 0 Å². The first-order valence-electron chi connectivity index (χ1n) is 5.98. The maximum Gasteiger partial charge on any atom is 0.307 e. The van der Waals surface area contributed by atoms with Gasteiger partial charge in [0.15, 0.2) is 5.76 Å². The molecule has 1 unspecified atom stereocenters.